The summed E-state index contributed by atoms with van der Waals surface area (Å²) in [6.45, 7) is 1.66. The molecule has 1 aliphatic heterocycles. The maximum absolute atomic E-state index is 13.5. The van der Waals surface area contributed by atoms with Gasteiger partial charge < -0.3 is 5.73 Å². The van der Waals surface area contributed by atoms with E-state index in [0.29, 0.717) is 22.5 Å². The van der Waals surface area contributed by atoms with E-state index in [1.165, 1.54) is 12.1 Å². The molecule has 0 aliphatic carbocycles. The molecule has 3 aromatic rings. The molecule has 170 valence electrons. The number of hydrogen-bond acceptors (Lipinski definition) is 8. The summed E-state index contributed by atoms with van der Waals surface area (Å²) in [5, 5.41) is 28.2. The number of nitro benzene ring substituents is 1. The van der Waals surface area contributed by atoms with Crippen LogP contribution >= 0.6 is 11.3 Å². The molecule has 34 heavy (non-hydrogen) atoms. The fourth-order valence-electron chi connectivity index (χ4n) is 3.98. The second kappa shape index (κ2) is 9.21. The standard InChI is InChI=1S/C23H18N6O4S/c1-13-19(20(17(11-24)21(25)30)14-6-3-2-4-7-14)22(31)28(27-13)23-26-18(12-34-23)15-8-5-9-16(10-15)29(32)33/h2-10,12,17,19-20H,1H3,(H2,25,30)/t17-,19+,20+/m1/s1. The van der Waals surface area contributed by atoms with Gasteiger partial charge in [0.25, 0.3) is 11.6 Å². The lowest BCUT2D eigenvalue weighted by molar-refractivity contribution is -0.384. The van der Waals surface area contributed by atoms with Crippen LogP contribution in [-0.2, 0) is 9.59 Å². The number of hydrogen-bond donors (Lipinski definition) is 1. The first-order valence-electron chi connectivity index (χ1n) is 10.1. The van der Waals surface area contributed by atoms with Crippen LogP contribution in [0.5, 0.6) is 0 Å². The van der Waals surface area contributed by atoms with Gasteiger partial charge in [-0.05, 0) is 12.5 Å². The van der Waals surface area contributed by atoms with Crippen LogP contribution in [0, 0.1) is 33.3 Å². The van der Waals surface area contributed by atoms with Gasteiger partial charge in [0.15, 0.2) is 0 Å². The average molecular weight is 475 g/mol. The normalized spacial score (nSPS) is 17.1. The average Bonchev–Trinajstić information content (AvgIpc) is 3.42. The van der Waals surface area contributed by atoms with Crippen molar-refractivity contribution < 1.29 is 14.5 Å². The number of primary amides is 1. The predicted molar refractivity (Wildman–Crippen MR) is 126 cm³/mol. The molecule has 0 bridgehead atoms. The van der Waals surface area contributed by atoms with Gasteiger partial charge in [-0.15, -0.1) is 11.3 Å². The molecular formula is C23H18N6O4S. The van der Waals surface area contributed by atoms with Gasteiger partial charge in [-0.3, -0.25) is 19.7 Å². The van der Waals surface area contributed by atoms with Crippen LogP contribution in [0.1, 0.15) is 18.4 Å². The molecule has 4 rings (SSSR count). The zero-order valence-corrected chi connectivity index (χ0v) is 18.7. The van der Waals surface area contributed by atoms with Crippen LogP contribution in [0.2, 0.25) is 0 Å². The Hall–Kier alpha value is -4.43. The van der Waals surface area contributed by atoms with Crippen LogP contribution in [0.15, 0.2) is 65.1 Å². The van der Waals surface area contributed by atoms with Crippen molar-refractivity contribution in [2.75, 3.05) is 5.01 Å². The molecule has 2 heterocycles. The van der Waals surface area contributed by atoms with Gasteiger partial charge in [0, 0.05) is 34.7 Å². The zero-order chi connectivity index (χ0) is 24.4. The minimum absolute atomic E-state index is 0.0714. The third-order valence-corrected chi connectivity index (χ3v) is 6.37. The highest BCUT2D eigenvalue weighted by atomic mass is 32.1. The lowest BCUT2D eigenvalue weighted by atomic mass is 9.75. The molecule has 1 aliphatic rings. The van der Waals surface area contributed by atoms with Gasteiger partial charge in [0.05, 0.1) is 22.6 Å². The first-order chi connectivity index (χ1) is 16.3. The number of nitrogens with zero attached hydrogens (tertiary/aromatic N) is 5. The number of carbonyl (C=O) groups is 2. The lowest BCUT2D eigenvalue weighted by Crippen LogP contribution is -2.38. The minimum atomic E-state index is -1.24. The Balaban J connectivity index is 1.68. The molecule has 0 fully saturated rings. The Kier molecular flexibility index (Phi) is 6.16. The van der Waals surface area contributed by atoms with Gasteiger partial charge in [0.1, 0.15) is 5.92 Å². The fraction of sp³-hybridized carbons (Fsp3) is 0.174. The van der Waals surface area contributed by atoms with Crippen molar-refractivity contribution in [3.8, 4) is 17.3 Å². The highest BCUT2D eigenvalue weighted by Crippen LogP contribution is 2.40. The molecule has 11 heteroatoms. The Morgan fingerprint density at radius 2 is 2.00 bits per heavy atom. The number of hydrazone groups is 1. The molecule has 3 atom stereocenters. The summed E-state index contributed by atoms with van der Waals surface area (Å²) in [5.74, 6) is -4.20. The highest BCUT2D eigenvalue weighted by molar-refractivity contribution is 7.14. The highest BCUT2D eigenvalue weighted by Gasteiger charge is 2.46. The van der Waals surface area contributed by atoms with E-state index in [0.717, 1.165) is 16.3 Å². The van der Waals surface area contributed by atoms with Gasteiger partial charge in [0.2, 0.25) is 11.0 Å². The van der Waals surface area contributed by atoms with E-state index in [-0.39, 0.29) is 10.8 Å². The summed E-state index contributed by atoms with van der Waals surface area (Å²) in [6, 6.07) is 16.8. The van der Waals surface area contributed by atoms with E-state index in [1.807, 2.05) is 6.07 Å². The van der Waals surface area contributed by atoms with E-state index < -0.39 is 34.5 Å². The number of carbonyl (C=O) groups excluding carboxylic acids is 2. The van der Waals surface area contributed by atoms with Crippen LogP contribution in [0.4, 0.5) is 10.8 Å². The Labute approximate surface area is 198 Å². The van der Waals surface area contributed by atoms with Crippen molar-refractivity contribution in [3.05, 3.63) is 75.7 Å². The molecule has 2 aromatic carbocycles. The molecule has 0 spiro atoms. The minimum Gasteiger partial charge on any atom is -0.369 e. The number of non-ortho nitro benzene ring substituents is 1. The van der Waals surface area contributed by atoms with Crippen molar-refractivity contribution in [2.24, 2.45) is 22.7 Å². The summed E-state index contributed by atoms with van der Waals surface area (Å²) in [7, 11) is 0. The fourth-order valence-corrected chi connectivity index (χ4v) is 4.76. The Bertz CT molecular complexity index is 1350. The van der Waals surface area contributed by atoms with Crippen molar-refractivity contribution >= 4 is 39.7 Å². The summed E-state index contributed by atoms with van der Waals surface area (Å²) >= 11 is 1.15. The maximum atomic E-state index is 13.5. The van der Waals surface area contributed by atoms with Crippen molar-refractivity contribution in [2.45, 2.75) is 12.8 Å². The number of nitrogens with two attached hydrogens (primary N) is 1. The van der Waals surface area contributed by atoms with E-state index in [2.05, 4.69) is 10.1 Å². The Morgan fingerprint density at radius 3 is 2.65 bits per heavy atom. The topological polar surface area (TPSA) is 156 Å². The molecule has 2 N–H and O–H groups in total. The van der Waals surface area contributed by atoms with E-state index in [4.69, 9.17) is 5.73 Å². The monoisotopic (exact) mass is 474 g/mol. The largest absolute Gasteiger partial charge is 0.369 e. The summed E-state index contributed by atoms with van der Waals surface area (Å²) in [4.78, 5) is 40.6. The molecule has 0 saturated carbocycles. The summed E-state index contributed by atoms with van der Waals surface area (Å²) in [5.41, 5.74) is 7.47. The second-order valence-corrected chi connectivity index (χ2v) is 8.47. The van der Waals surface area contributed by atoms with Crippen LogP contribution < -0.4 is 10.7 Å². The molecule has 0 unspecified atom stereocenters. The smallest absolute Gasteiger partial charge is 0.270 e. The number of rotatable bonds is 7. The quantitative estimate of drug-likeness (QED) is 0.408. The van der Waals surface area contributed by atoms with Crippen LogP contribution in [0.3, 0.4) is 0 Å². The molecule has 10 nitrogen and oxygen atoms in total. The number of benzene rings is 2. The summed E-state index contributed by atoms with van der Waals surface area (Å²) in [6.07, 6.45) is 0. The first kappa shape index (κ1) is 22.8. The zero-order valence-electron chi connectivity index (χ0n) is 17.9. The number of aromatic nitrogens is 1. The molecule has 0 radical (unpaired) electrons. The van der Waals surface area contributed by atoms with Gasteiger partial charge >= 0.3 is 0 Å². The maximum Gasteiger partial charge on any atom is 0.270 e. The third-order valence-electron chi connectivity index (χ3n) is 5.56. The van der Waals surface area contributed by atoms with Gasteiger partial charge in [-0.25, -0.2) is 4.98 Å². The second-order valence-electron chi connectivity index (χ2n) is 7.64. The predicted octanol–water partition coefficient (Wildman–Crippen LogP) is 3.47. The van der Waals surface area contributed by atoms with Crippen molar-refractivity contribution in [1.82, 2.24) is 4.98 Å². The molecular weight excluding hydrogens is 456 g/mol. The SMILES string of the molecule is CC1=NN(c2nc(-c3cccc([N+](=O)[O-])c3)cs2)C(=O)[C@@H]1[C@@H](c1ccccc1)[C@@H](C#N)C(N)=O. The number of thiazole rings is 1. The van der Waals surface area contributed by atoms with Crippen molar-refractivity contribution in [1.29, 1.82) is 5.26 Å². The third kappa shape index (κ3) is 4.14. The van der Waals surface area contributed by atoms with Crippen molar-refractivity contribution in [3.63, 3.8) is 0 Å². The van der Waals surface area contributed by atoms with Crippen LogP contribution in [0.25, 0.3) is 11.3 Å². The molecule has 2 amide bonds. The first-order valence-corrected chi connectivity index (χ1v) is 11.0. The van der Waals surface area contributed by atoms with Crippen LogP contribution in [-0.4, -0.2) is 27.4 Å². The lowest BCUT2D eigenvalue weighted by Gasteiger charge is -2.25. The Morgan fingerprint density at radius 1 is 1.26 bits per heavy atom. The van der Waals surface area contributed by atoms with E-state index >= 15 is 0 Å². The summed E-state index contributed by atoms with van der Waals surface area (Å²) < 4.78 is 0. The van der Waals surface area contributed by atoms with Gasteiger partial charge in [-0.2, -0.15) is 15.4 Å². The molecule has 1 aromatic heterocycles. The number of nitriles is 1. The number of amides is 2. The number of nitro groups is 1. The van der Waals surface area contributed by atoms with Gasteiger partial charge in [-0.1, -0.05) is 42.5 Å². The number of anilines is 1. The molecule has 0 saturated heterocycles. The van der Waals surface area contributed by atoms with E-state index in [9.17, 15) is 25.0 Å². The van der Waals surface area contributed by atoms with E-state index in [1.54, 1.807) is 54.8 Å².